The molecule has 27 heavy (non-hydrogen) atoms. The molecular weight excluding hydrogens is 343 g/mol. The van der Waals surface area contributed by atoms with Gasteiger partial charge in [-0.25, -0.2) is 9.37 Å². The maximum absolute atomic E-state index is 13.0. The molecule has 2 aromatic heterocycles. The van der Waals surface area contributed by atoms with E-state index in [0.717, 1.165) is 11.1 Å². The number of rotatable bonds is 3. The lowest BCUT2D eigenvalue weighted by Gasteiger charge is -2.04. The van der Waals surface area contributed by atoms with Gasteiger partial charge in [-0.1, -0.05) is 48.4 Å². The second kappa shape index (κ2) is 7.30. The van der Waals surface area contributed by atoms with E-state index in [2.05, 4.69) is 16.8 Å². The van der Waals surface area contributed by atoms with E-state index in [0.29, 0.717) is 17.7 Å². The van der Waals surface area contributed by atoms with Crippen molar-refractivity contribution < 1.29 is 8.81 Å². The largest absolute Gasteiger partial charge is 0.440 e. The third-order valence-electron chi connectivity index (χ3n) is 4.12. The molecule has 0 aliphatic heterocycles. The van der Waals surface area contributed by atoms with Gasteiger partial charge >= 0.3 is 0 Å². The molecule has 2 aromatic carbocycles. The van der Waals surface area contributed by atoms with Gasteiger partial charge in [0.05, 0.1) is 12.9 Å². The molecule has 0 amide bonds. The van der Waals surface area contributed by atoms with Gasteiger partial charge in [-0.2, -0.15) is 0 Å². The van der Waals surface area contributed by atoms with Crippen LogP contribution in [0.3, 0.4) is 0 Å². The van der Waals surface area contributed by atoms with Crippen LogP contribution in [0, 0.1) is 17.7 Å². The number of aromatic nitrogens is 2. The van der Waals surface area contributed by atoms with Crippen LogP contribution >= 0.6 is 0 Å². The lowest BCUT2D eigenvalue weighted by molar-refractivity contribution is 0.586. The minimum Gasteiger partial charge on any atom is -0.440 e. The molecule has 0 aliphatic carbocycles. The maximum Gasteiger partial charge on any atom is 0.297 e. The molecule has 0 saturated heterocycles. The molecular formula is C22H15FN2O2. The van der Waals surface area contributed by atoms with Gasteiger partial charge in [0.2, 0.25) is 5.58 Å². The summed E-state index contributed by atoms with van der Waals surface area (Å²) >= 11 is 0. The number of halogens is 1. The zero-order valence-corrected chi connectivity index (χ0v) is 14.4. The smallest absolute Gasteiger partial charge is 0.297 e. The van der Waals surface area contributed by atoms with Gasteiger partial charge < -0.3 is 4.42 Å². The number of benzene rings is 2. The van der Waals surface area contributed by atoms with E-state index in [1.165, 1.54) is 23.0 Å². The first kappa shape index (κ1) is 16.8. The summed E-state index contributed by atoms with van der Waals surface area (Å²) in [6.45, 7) is 0.289. The molecule has 4 nitrogen and oxygen atoms in total. The molecule has 0 radical (unpaired) electrons. The zero-order valence-electron chi connectivity index (χ0n) is 14.4. The molecule has 132 valence electrons. The highest BCUT2D eigenvalue weighted by Gasteiger charge is 2.10. The number of furan rings is 1. The van der Waals surface area contributed by atoms with Crippen LogP contribution in [0.4, 0.5) is 4.39 Å². The van der Waals surface area contributed by atoms with E-state index in [9.17, 15) is 9.18 Å². The lowest BCUT2D eigenvalue weighted by atomic mass is 10.1. The second-order valence-corrected chi connectivity index (χ2v) is 6.09. The van der Waals surface area contributed by atoms with Crippen molar-refractivity contribution >= 4 is 11.1 Å². The van der Waals surface area contributed by atoms with Gasteiger partial charge in [0.1, 0.15) is 11.3 Å². The molecule has 4 aromatic rings. The minimum atomic E-state index is -0.315. The number of nitrogens with zero attached hydrogens (tertiary/aromatic N) is 2. The van der Waals surface area contributed by atoms with Gasteiger partial charge in [0.25, 0.3) is 5.56 Å². The minimum absolute atomic E-state index is 0.170. The highest BCUT2D eigenvalue weighted by Crippen LogP contribution is 2.13. The van der Waals surface area contributed by atoms with Gasteiger partial charge in [-0.15, -0.1) is 0 Å². The van der Waals surface area contributed by atoms with E-state index in [-0.39, 0.29) is 23.5 Å². The molecule has 0 spiro atoms. The fourth-order valence-corrected chi connectivity index (χ4v) is 2.74. The molecule has 0 bridgehead atoms. The molecule has 5 heteroatoms. The molecule has 2 heterocycles. The first-order valence-electron chi connectivity index (χ1n) is 8.45. The van der Waals surface area contributed by atoms with Gasteiger partial charge in [-0.3, -0.25) is 9.36 Å². The Balaban J connectivity index is 1.58. The normalized spacial score (nSPS) is 10.6. The van der Waals surface area contributed by atoms with Crippen LogP contribution < -0.4 is 5.56 Å². The van der Waals surface area contributed by atoms with E-state index >= 15 is 0 Å². The van der Waals surface area contributed by atoms with Crippen molar-refractivity contribution in [3.05, 3.63) is 100 Å². The van der Waals surface area contributed by atoms with Gasteiger partial charge in [-0.05, 0) is 29.2 Å². The van der Waals surface area contributed by atoms with Crippen LogP contribution in [0.15, 0.2) is 76.2 Å². The van der Waals surface area contributed by atoms with Crippen molar-refractivity contribution in [2.24, 2.45) is 0 Å². The Kier molecular flexibility index (Phi) is 4.54. The zero-order chi connectivity index (χ0) is 18.6. The van der Waals surface area contributed by atoms with Crippen molar-refractivity contribution in [3.63, 3.8) is 0 Å². The third-order valence-corrected chi connectivity index (χ3v) is 4.12. The fourth-order valence-electron chi connectivity index (χ4n) is 2.74. The summed E-state index contributed by atoms with van der Waals surface area (Å²) in [5.74, 6) is 6.07. The number of hydrogen-bond acceptors (Lipinski definition) is 3. The maximum atomic E-state index is 13.0. The standard InChI is InChI=1S/C22H15FN2O2/c23-18-11-9-17(10-12-18)14-25-15-24-20-13-19(27-21(20)22(25)26)8-4-7-16-5-2-1-3-6-16/h1-3,5-6,9-13,15H,7,14H2. The Morgan fingerprint density at radius 1 is 1.04 bits per heavy atom. The fraction of sp³-hybridized carbons (Fsp3) is 0.0909. The Labute approximate surface area is 154 Å². The van der Waals surface area contributed by atoms with E-state index in [1.807, 2.05) is 30.3 Å². The first-order valence-corrected chi connectivity index (χ1v) is 8.45. The monoisotopic (exact) mass is 358 g/mol. The van der Waals surface area contributed by atoms with E-state index < -0.39 is 0 Å². The second-order valence-electron chi connectivity index (χ2n) is 6.09. The van der Waals surface area contributed by atoms with Crippen molar-refractivity contribution in [3.8, 4) is 11.8 Å². The average molecular weight is 358 g/mol. The summed E-state index contributed by atoms with van der Waals surface area (Å²) in [6, 6.07) is 17.5. The third kappa shape index (κ3) is 3.80. The summed E-state index contributed by atoms with van der Waals surface area (Å²) in [4.78, 5) is 16.9. The first-order chi connectivity index (χ1) is 13.2. The summed E-state index contributed by atoms with van der Waals surface area (Å²) in [5, 5.41) is 0. The Hall–Kier alpha value is -3.65. The van der Waals surface area contributed by atoms with E-state index in [1.54, 1.807) is 18.2 Å². The molecule has 0 fully saturated rings. The predicted octanol–water partition coefficient (Wildman–Crippen LogP) is 3.77. The molecule has 0 saturated carbocycles. The Morgan fingerprint density at radius 2 is 1.81 bits per heavy atom. The molecule has 0 N–H and O–H groups in total. The topological polar surface area (TPSA) is 48.0 Å². The van der Waals surface area contributed by atoms with Crippen LogP contribution in [-0.2, 0) is 13.0 Å². The van der Waals surface area contributed by atoms with Crippen molar-refractivity contribution in [1.29, 1.82) is 0 Å². The highest BCUT2D eigenvalue weighted by molar-refractivity contribution is 5.73. The summed E-state index contributed by atoms with van der Waals surface area (Å²) in [5.41, 5.74) is 2.26. The molecule has 0 aliphatic rings. The van der Waals surface area contributed by atoms with Crippen LogP contribution in [0.25, 0.3) is 11.1 Å². The molecule has 0 atom stereocenters. The van der Waals surface area contributed by atoms with Crippen LogP contribution in [0.2, 0.25) is 0 Å². The summed E-state index contributed by atoms with van der Waals surface area (Å²) in [7, 11) is 0. The van der Waals surface area contributed by atoms with Crippen molar-refractivity contribution in [1.82, 2.24) is 9.55 Å². The van der Waals surface area contributed by atoms with Gasteiger partial charge in [0.15, 0.2) is 5.76 Å². The van der Waals surface area contributed by atoms with Gasteiger partial charge in [0, 0.05) is 12.5 Å². The van der Waals surface area contributed by atoms with Crippen molar-refractivity contribution in [2.75, 3.05) is 0 Å². The van der Waals surface area contributed by atoms with E-state index in [4.69, 9.17) is 4.42 Å². The average Bonchev–Trinajstić information content (AvgIpc) is 3.10. The van der Waals surface area contributed by atoms with Crippen LogP contribution in [-0.4, -0.2) is 9.55 Å². The number of hydrogen-bond donors (Lipinski definition) is 0. The highest BCUT2D eigenvalue weighted by atomic mass is 19.1. The SMILES string of the molecule is O=c1c2oc(C#CCc3ccccc3)cc2ncn1Cc1ccc(F)cc1. The quantitative estimate of drug-likeness (QED) is 0.524. The summed E-state index contributed by atoms with van der Waals surface area (Å²) in [6.07, 6.45) is 2.06. The Morgan fingerprint density at radius 3 is 2.59 bits per heavy atom. The summed E-state index contributed by atoms with van der Waals surface area (Å²) < 4.78 is 20.1. The van der Waals surface area contributed by atoms with Crippen LogP contribution in [0.5, 0.6) is 0 Å². The Bertz CT molecular complexity index is 1200. The lowest BCUT2D eigenvalue weighted by Crippen LogP contribution is -2.20. The predicted molar refractivity (Wildman–Crippen MR) is 101 cm³/mol. The van der Waals surface area contributed by atoms with Crippen LogP contribution in [0.1, 0.15) is 16.9 Å². The van der Waals surface area contributed by atoms with Crippen molar-refractivity contribution in [2.45, 2.75) is 13.0 Å². The molecule has 4 rings (SSSR count). The number of fused-ring (bicyclic) bond motifs is 1. The molecule has 0 unspecified atom stereocenters.